The smallest absolute Gasteiger partial charge is 0.243 e. The second-order valence-corrected chi connectivity index (χ2v) is 6.47. The van der Waals surface area contributed by atoms with Crippen molar-refractivity contribution >= 4 is 23.5 Å². The van der Waals surface area contributed by atoms with Crippen LogP contribution in [-0.2, 0) is 11.2 Å². The fourth-order valence-corrected chi connectivity index (χ4v) is 1.99. The van der Waals surface area contributed by atoms with E-state index < -0.39 is 0 Å². The Labute approximate surface area is 144 Å². The van der Waals surface area contributed by atoms with Gasteiger partial charge in [0.25, 0.3) is 0 Å². The highest BCUT2D eigenvalue weighted by atomic mass is 35.5. The first-order chi connectivity index (χ1) is 10.9. The lowest BCUT2D eigenvalue weighted by atomic mass is 10.1. The number of hydrogen-bond donors (Lipinski definition) is 2. The van der Waals surface area contributed by atoms with Crippen molar-refractivity contribution in [2.45, 2.75) is 20.3 Å². The second kappa shape index (κ2) is 10.1. The van der Waals surface area contributed by atoms with E-state index in [2.05, 4.69) is 29.5 Å². The molecular weight excluding hydrogens is 312 g/mol. The molecule has 0 aliphatic heterocycles. The summed E-state index contributed by atoms with van der Waals surface area (Å²) in [6.45, 7) is 5.92. The van der Waals surface area contributed by atoms with Crippen LogP contribution >= 0.6 is 11.6 Å². The highest BCUT2D eigenvalue weighted by molar-refractivity contribution is 6.30. The number of hydrogen-bond acceptors (Lipinski definition) is 2. The van der Waals surface area contributed by atoms with Gasteiger partial charge in [0.2, 0.25) is 5.91 Å². The van der Waals surface area contributed by atoms with Crippen LogP contribution in [0.1, 0.15) is 19.4 Å². The molecule has 1 amide bonds. The van der Waals surface area contributed by atoms with Gasteiger partial charge in [0.05, 0.1) is 0 Å². The summed E-state index contributed by atoms with van der Waals surface area (Å²) in [6, 6.07) is 7.81. The van der Waals surface area contributed by atoms with Crippen molar-refractivity contribution < 1.29 is 4.79 Å². The van der Waals surface area contributed by atoms with E-state index in [1.807, 2.05) is 24.3 Å². The van der Waals surface area contributed by atoms with Crippen LogP contribution in [0.5, 0.6) is 0 Å². The van der Waals surface area contributed by atoms with E-state index in [1.165, 1.54) is 4.90 Å². The number of aliphatic imine (C=N–C) groups is 1. The number of rotatable bonds is 7. The van der Waals surface area contributed by atoms with Crippen LogP contribution in [0.2, 0.25) is 5.02 Å². The molecule has 2 N–H and O–H groups in total. The predicted octanol–water partition coefficient (Wildman–Crippen LogP) is 2.16. The molecule has 23 heavy (non-hydrogen) atoms. The average molecular weight is 339 g/mol. The Morgan fingerprint density at radius 1 is 1.30 bits per heavy atom. The SMILES string of the molecule is CC(C)CNC(=NCC(=O)N(C)C)NCCc1cccc(Cl)c1. The lowest BCUT2D eigenvalue weighted by Crippen LogP contribution is -2.41. The molecule has 0 saturated carbocycles. The molecule has 0 atom stereocenters. The molecule has 6 heteroatoms. The maximum Gasteiger partial charge on any atom is 0.243 e. The number of guanidine groups is 1. The van der Waals surface area contributed by atoms with Crippen molar-refractivity contribution in [2.24, 2.45) is 10.9 Å². The number of amides is 1. The van der Waals surface area contributed by atoms with Crippen molar-refractivity contribution in [3.8, 4) is 0 Å². The Morgan fingerprint density at radius 3 is 2.65 bits per heavy atom. The second-order valence-electron chi connectivity index (χ2n) is 6.03. The molecular formula is C17H27ClN4O. The predicted molar refractivity (Wildman–Crippen MR) is 97.0 cm³/mol. The van der Waals surface area contributed by atoms with Crippen LogP contribution < -0.4 is 10.6 Å². The molecule has 0 aliphatic rings. The molecule has 0 saturated heterocycles. The summed E-state index contributed by atoms with van der Waals surface area (Å²) in [4.78, 5) is 17.5. The molecule has 128 valence electrons. The molecule has 1 aromatic carbocycles. The van der Waals surface area contributed by atoms with E-state index in [0.717, 1.165) is 30.1 Å². The van der Waals surface area contributed by atoms with E-state index in [0.29, 0.717) is 11.9 Å². The van der Waals surface area contributed by atoms with E-state index in [9.17, 15) is 4.79 Å². The van der Waals surface area contributed by atoms with Crippen molar-refractivity contribution in [1.29, 1.82) is 0 Å². The maximum atomic E-state index is 11.7. The van der Waals surface area contributed by atoms with Gasteiger partial charge in [-0.1, -0.05) is 37.6 Å². The van der Waals surface area contributed by atoms with Gasteiger partial charge >= 0.3 is 0 Å². The summed E-state index contributed by atoms with van der Waals surface area (Å²) in [5.41, 5.74) is 1.16. The van der Waals surface area contributed by atoms with Gasteiger partial charge in [0, 0.05) is 32.2 Å². The Bertz CT molecular complexity index is 529. The highest BCUT2D eigenvalue weighted by Gasteiger charge is 2.05. The first-order valence-electron chi connectivity index (χ1n) is 7.85. The lowest BCUT2D eigenvalue weighted by Gasteiger charge is -2.15. The van der Waals surface area contributed by atoms with E-state index in [4.69, 9.17) is 11.6 Å². The number of likely N-dealkylation sites (N-methyl/N-ethyl adjacent to an activating group) is 1. The summed E-state index contributed by atoms with van der Waals surface area (Å²) >= 11 is 5.99. The Morgan fingerprint density at radius 2 is 2.04 bits per heavy atom. The largest absolute Gasteiger partial charge is 0.356 e. The Hall–Kier alpha value is -1.75. The summed E-state index contributed by atoms with van der Waals surface area (Å²) in [5, 5.41) is 7.26. The number of carbonyl (C=O) groups is 1. The van der Waals surface area contributed by atoms with E-state index >= 15 is 0 Å². The minimum Gasteiger partial charge on any atom is -0.356 e. The van der Waals surface area contributed by atoms with Gasteiger partial charge in [-0.25, -0.2) is 4.99 Å². The minimum absolute atomic E-state index is 0.0227. The standard InChI is InChI=1S/C17H27ClN4O/c1-13(2)11-20-17(21-12-16(23)22(3)4)19-9-8-14-6-5-7-15(18)10-14/h5-7,10,13H,8-9,11-12H2,1-4H3,(H2,19,20,21). The number of carbonyl (C=O) groups excluding carboxylic acids is 1. The first-order valence-corrected chi connectivity index (χ1v) is 8.23. The molecule has 0 aromatic heterocycles. The highest BCUT2D eigenvalue weighted by Crippen LogP contribution is 2.10. The number of halogens is 1. The molecule has 1 aromatic rings. The van der Waals surface area contributed by atoms with Crippen LogP contribution in [0.25, 0.3) is 0 Å². The normalized spacial score (nSPS) is 11.5. The van der Waals surface area contributed by atoms with Crippen LogP contribution in [0.3, 0.4) is 0 Å². The molecule has 0 bridgehead atoms. The molecule has 0 radical (unpaired) electrons. The van der Waals surface area contributed by atoms with Gasteiger partial charge in [0.1, 0.15) is 6.54 Å². The fourth-order valence-electron chi connectivity index (χ4n) is 1.78. The van der Waals surface area contributed by atoms with Gasteiger partial charge in [-0.15, -0.1) is 0 Å². The van der Waals surface area contributed by atoms with Crippen LogP contribution in [0.15, 0.2) is 29.3 Å². The third-order valence-electron chi connectivity index (χ3n) is 3.14. The van der Waals surface area contributed by atoms with Crippen molar-refractivity contribution in [3.63, 3.8) is 0 Å². The van der Waals surface area contributed by atoms with Crippen molar-refractivity contribution in [3.05, 3.63) is 34.9 Å². The zero-order valence-electron chi connectivity index (χ0n) is 14.4. The summed E-state index contributed by atoms with van der Waals surface area (Å²) in [7, 11) is 3.46. The molecule has 0 unspecified atom stereocenters. The number of nitrogens with zero attached hydrogens (tertiary/aromatic N) is 2. The van der Waals surface area contributed by atoms with Gasteiger partial charge < -0.3 is 15.5 Å². The molecule has 0 aliphatic carbocycles. The van der Waals surface area contributed by atoms with Crippen LogP contribution in [0.4, 0.5) is 0 Å². The third kappa shape index (κ3) is 8.45. The number of benzene rings is 1. The van der Waals surface area contributed by atoms with E-state index in [1.54, 1.807) is 14.1 Å². The van der Waals surface area contributed by atoms with Crippen molar-refractivity contribution in [2.75, 3.05) is 33.7 Å². The minimum atomic E-state index is -0.0227. The molecule has 1 rings (SSSR count). The molecule has 0 fully saturated rings. The average Bonchev–Trinajstić information content (AvgIpc) is 2.48. The van der Waals surface area contributed by atoms with E-state index in [-0.39, 0.29) is 12.5 Å². The van der Waals surface area contributed by atoms with Gasteiger partial charge in [-0.3, -0.25) is 4.79 Å². The van der Waals surface area contributed by atoms with Gasteiger partial charge in [-0.05, 0) is 30.0 Å². The maximum absolute atomic E-state index is 11.7. The van der Waals surface area contributed by atoms with Crippen molar-refractivity contribution in [1.82, 2.24) is 15.5 Å². The summed E-state index contributed by atoms with van der Waals surface area (Å²) in [6.07, 6.45) is 0.838. The Kier molecular flexibility index (Phi) is 8.48. The first kappa shape index (κ1) is 19.3. The molecule has 0 spiro atoms. The number of nitrogens with one attached hydrogen (secondary N) is 2. The topological polar surface area (TPSA) is 56.7 Å². The molecule has 0 heterocycles. The summed E-state index contributed by atoms with van der Waals surface area (Å²) < 4.78 is 0. The third-order valence-corrected chi connectivity index (χ3v) is 3.38. The van der Waals surface area contributed by atoms with Crippen LogP contribution in [0, 0.1) is 5.92 Å². The van der Waals surface area contributed by atoms with Crippen LogP contribution in [-0.4, -0.2) is 50.5 Å². The van der Waals surface area contributed by atoms with Gasteiger partial charge in [-0.2, -0.15) is 0 Å². The summed E-state index contributed by atoms with van der Waals surface area (Å²) in [5.74, 6) is 1.14. The Balaban J connectivity index is 2.54. The molecule has 5 nitrogen and oxygen atoms in total. The monoisotopic (exact) mass is 338 g/mol. The van der Waals surface area contributed by atoms with Gasteiger partial charge in [0.15, 0.2) is 5.96 Å². The lowest BCUT2D eigenvalue weighted by molar-refractivity contribution is -0.127. The zero-order valence-corrected chi connectivity index (χ0v) is 15.2. The quantitative estimate of drug-likeness (QED) is 0.591. The fraction of sp³-hybridized carbons (Fsp3) is 0.529. The zero-order chi connectivity index (χ0) is 17.2.